The number of nitrogens with zero attached hydrogens (tertiary/aromatic N) is 4. The number of halogens is 1. The van der Waals surface area contributed by atoms with Gasteiger partial charge in [-0.25, -0.2) is 0 Å². The van der Waals surface area contributed by atoms with Crippen molar-refractivity contribution in [1.82, 2.24) is 15.1 Å². The molecule has 0 atom stereocenters. The quantitative estimate of drug-likeness (QED) is 0.911. The van der Waals surface area contributed by atoms with Crippen LogP contribution in [0.1, 0.15) is 5.89 Å². The van der Waals surface area contributed by atoms with Crippen LogP contribution in [0.5, 0.6) is 0 Å². The number of aliphatic carboxylic acids is 1. The number of anilines is 1. The highest BCUT2D eigenvalue weighted by Crippen LogP contribution is 2.29. The van der Waals surface area contributed by atoms with Crippen LogP contribution in [0.25, 0.3) is 11.5 Å². The zero-order valence-corrected chi connectivity index (χ0v) is 13.5. The Labute approximate surface area is 138 Å². The van der Waals surface area contributed by atoms with Crippen molar-refractivity contribution in [2.24, 2.45) is 0 Å². The maximum atomic E-state index is 10.7. The van der Waals surface area contributed by atoms with Gasteiger partial charge in [-0.2, -0.15) is 0 Å². The Morgan fingerprint density at radius 1 is 1.26 bits per heavy atom. The minimum absolute atomic E-state index is 0.0774. The molecular formula is C15H17ClN4O3. The van der Waals surface area contributed by atoms with Crippen LogP contribution in [-0.2, 0) is 11.2 Å². The van der Waals surface area contributed by atoms with Gasteiger partial charge in [0.2, 0.25) is 11.8 Å². The largest absolute Gasteiger partial charge is 0.481 e. The average molecular weight is 337 g/mol. The smallest absolute Gasteiger partial charge is 0.312 e. The van der Waals surface area contributed by atoms with E-state index in [9.17, 15) is 4.79 Å². The maximum absolute atomic E-state index is 10.7. The van der Waals surface area contributed by atoms with E-state index in [2.05, 4.69) is 27.0 Å². The highest BCUT2D eigenvalue weighted by molar-refractivity contribution is 6.31. The molecule has 0 unspecified atom stereocenters. The molecule has 1 aromatic heterocycles. The van der Waals surface area contributed by atoms with Crippen molar-refractivity contribution in [1.29, 1.82) is 0 Å². The summed E-state index contributed by atoms with van der Waals surface area (Å²) in [5, 5.41) is 17.0. The Hall–Kier alpha value is -2.12. The molecule has 2 heterocycles. The van der Waals surface area contributed by atoms with Crippen molar-refractivity contribution < 1.29 is 14.3 Å². The second-order valence-corrected chi connectivity index (χ2v) is 6.00. The maximum Gasteiger partial charge on any atom is 0.312 e. The van der Waals surface area contributed by atoms with Crippen LogP contribution >= 0.6 is 11.6 Å². The van der Waals surface area contributed by atoms with Crippen molar-refractivity contribution >= 4 is 23.3 Å². The van der Waals surface area contributed by atoms with Crippen molar-refractivity contribution in [2.45, 2.75) is 6.42 Å². The summed E-state index contributed by atoms with van der Waals surface area (Å²) in [5.74, 6) is -0.655. The number of likely N-dealkylation sites (N-methyl/N-ethyl adjacent to an activating group) is 1. The molecule has 122 valence electrons. The van der Waals surface area contributed by atoms with Crippen LogP contribution in [0.3, 0.4) is 0 Å². The van der Waals surface area contributed by atoms with Gasteiger partial charge in [0.15, 0.2) is 0 Å². The highest BCUT2D eigenvalue weighted by atomic mass is 35.5. The fourth-order valence-corrected chi connectivity index (χ4v) is 2.75. The Balaban J connectivity index is 1.85. The van der Waals surface area contributed by atoms with E-state index in [0.29, 0.717) is 10.6 Å². The number of carboxylic acids is 1. The van der Waals surface area contributed by atoms with Gasteiger partial charge in [-0.05, 0) is 25.2 Å². The molecule has 1 saturated heterocycles. The third-order valence-corrected chi connectivity index (χ3v) is 3.99. The molecular weight excluding hydrogens is 320 g/mol. The lowest BCUT2D eigenvalue weighted by molar-refractivity contribution is -0.136. The molecule has 1 N–H and O–H groups in total. The zero-order chi connectivity index (χ0) is 16.4. The van der Waals surface area contributed by atoms with Gasteiger partial charge in [0.1, 0.15) is 6.42 Å². The van der Waals surface area contributed by atoms with Gasteiger partial charge < -0.3 is 19.3 Å². The summed E-state index contributed by atoms with van der Waals surface area (Å²) in [6.07, 6.45) is -0.293. The molecule has 0 spiro atoms. The summed E-state index contributed by atoms with van der Waals surface area (Å²) >= 11 is 6.22. The summed E-state index contributed by atoms with van der Waals surface area (Å²) in [4.78, 5) is 15.2. The van der Waals surface area contributed by atoms with E-state index in [0.717, 1.165) is 31.9 Å². The van der Waals surface area contributed by atoms with Crippen LogP contribution in [0.2, 0.25) is 5.02 Å². The van der Waals surface area contributed by atoms with Crippen LogP contribution in [0.15, 0.2) is 22.6 Å². The molecule has 0 radical (unpaired) electrons. The number of carbonyl (C=O) groups is 1. The molecule has 1 aliphatic heterocycles. The minimum atomic E-state index is -1.01. The minimum Gasteiger partial charge on any atom is -0.481 e. The Morgan fingerprint density at radius 3 is 2.70 bits per heavy atom. The number of benzene rings is 1. The standard InChI is InChI=1S/C15H17ClN4O3/c1-19-2-4-20(5-3-19)12-7-10(6-11(16)8-12)15-18-17-13(23-15)9-14(21)22/h6-8H,2-5,9H2,1H3,(H,21,22). The number of hydrogen-bond acceptors (Lipinski definition) is 6. The first kappa shape index (κ1) is 15.8. The Morgan fingerprint density at radius 2 is 2.00 bits per heavy atom. The molecule has 3 rings (SSSR count). The summed E-state index contributed by atoms with van der Waals surface area (Å²) < 4.78 is 5.41. The molecule has 0 bridgehead atoms. The lowest BCUT2D eigenvalue weighted by atomic mass is 10.1. The van der Waals surface area contributed by atoms with Crippen molar-refractivity contribution in [3.63, 3.8) is 0 Å². The van der Waals surface area contributed by atoms with Crippen LogP contribution in [0.4, 0.5) is 5.69 Å². The van der Waals surface area contributed by atoms with E-state index in [-0.39, 0.29) is 18.2 Å². The van der Waals surface area contributed by atoms with Crippen molar-refractivity contribution in [3.8, 4) is 11.5 Å². The molecule has 23 heavy (non-hydrogen) atoms. The highest BCUT2D eigenvalue weighted by Gasteiger charge is 2.17. The third kappa shape index (κ3) is 3.80. The summed E-state index contributed by atoms with van der Waals surface area (Å²) in [6.45, 7) is 3.82. The fraction of sp³-hybridized carbons (Fsp3) is 0.400. The van der Waals surface area contributed by atoms with Crippen LogP contribution in [-0.4, -0.2) is 59.4 Å². The van der Waals surface area contributed by atoms with Crippen LogP contribution in [0, 0.1) is 0 Å². The van der Waals surface area contributed by atoms with E-state index >= 15 is 0 Å². The molecule has 0 aliphatic carbocycles. The fourth-order valence-electron chi connectivity index (χ4n) is 2.52. The second kappa shape index (κ2) is 6.55. The summed E-state index contributed by atoms with van der Waals surface area (Å²) in [5.41, 5.74) is 1.69. The van der Waals surface area contributed by atoms with Crippen molar-refractivity contribution in [2.75, 3.05) is 38.1 Å². The monoisotopic (exact) mass is 336 g/mol. The summed E-state index contributed by atoms with van der Waals surface area (Å²) in [7, 11) is 2.10. The molecule has 1 fully saturated rings. The van der Waals surface area contributed by atoms with E-state index < -0.39 is 5.97 Å². The number of hydrogen-bond donors (Lipinski definition) is 1. The molecule has 0 saturated carbocycles. The molecule has 2 aromatic rings. The predicted octanol–water partition coefficient (Wildman–Crippen LogP) is 1.77. The molecule has 7 nitrogen and oxygen atoms in total. The van der Waals surface area contributed by atoms with Crippen molar-refractivity contribution in [3.05, 3.63) is 29.1 Å². The lowest BCUT2D eigenvalue weighted by Crippen LogP contribution is -2.44. The molecule has 1 aliphatic rings. The van der Waals surface area contributed by atoms with Gasteiger partial charge in [-0.1, -0.05) is 11.6 Å². The molecule has 1 aromatic carbocycles. The lowest BCUT2D eigenvalue weighted by Gasteiger charge is -2.34. The van der Waals surface area contributed by atoms with Gasteiger partial charge in [-0.15, -0.1) is 10.2 Å². The first-order valence-electron chi connectivity index (χ1n) is 7.30. The Kier molecular flexibility index (Phi) is 4.49. The van der Waals surface area contributed by atoms with Gasteiger partial charge in [0.25, 0.3) is 0 Å². The Bertz CT molecular complexity index is 710. The first-order chi connectivity index (χ1) is 11.0. The van der Waals surface area contributed by atoms with E-state index in [1.807, 2.05) is 12.1 Å². The number of carboxylic acid groups (broad SMARTS) is 1. The van der Waals surface area contributed by atoms with Gasteiger partial charge in [-0.3, -0.25) is 4.79 Å². The second-order valence-electron chi connectivity index (χ2n) is 5.56. The molecule has 0 amide bonds. The predicted molar refractivity (Wildman–Crippen MR) is 85.8 cm³/mol. The van der Waals surface area contributed by atoms with E-state index in [1.54, 1.807) is 6.07 Å². The third-order valence-electron chi connectivity index (χ3n) is 3.77. The van der Waals surface area contributed by atoms with Crippen LogP contribution < -0.4 is 4.90 Å². The van der Waals surface area contributed by atoms with E-state index in [1.165, 1.54) is 0 Å². The number of rotatable bonds is 4. The zero-order valence-electron chi connectivity index (χ0n) is 12.7. The first-order valence-corrected chi connectivity index (χ1v) is 7.68. The normalized spacial score (nSPS) is 15.8. The average Bonchev–Trinajstić information content (AvgIpc) is 2.95. The topological polar surface area (TPSA) is 82.7 Å². The SMILES string of the molecule is CN1CCN(c2cc(Cl)cc(-c3nnc(CC(=O)O)o3)c2)CC1. The van der Waals surface area contributed by atoms with Gasteiger partial charge in [0.05, 0.1) is 0 Å². The number of piperazine rings is 1. The van der Waals surface area contributed by atoms with Gasteiger partial charge >= 0.3 is 5.97 Å². The van der Waals surface area contributed by atoms with Gasteiger partial charge in [0, 0.05) is 42.5 Å². The number of aromatic nitrogens is 2. The molecule has 8 heteroatoms. The summed E-state index contributed by atoms with van der Waals surface area (Å²) in [6, 6.07) is 5.58. The van der Waals surface area contributed by atoms with E-state index in [4.69, 9.17) is 21.1 Å².